The molecule has 3 rings (SSSR count). The van der Waals surface area contributed by atoms with E-state index < -0.39 is 10.0 Å². The fraction of sp³-hybridized carbons (Fsp3) is 0.364. The van der Waals surface area contributed by atoms with E-state index in [1.807, 2.05) is 12.1 Å². The minimum Gasteiger partial charge on any atom is -0.328 e. The number of benzene rings is 1. The zero-order valence-electron chi connectivity index (χ0n) is 9.68. The monoisotopic (exact) mass is 266 g/mol. The quantitative estimate of drug-likeness (QED) is 0.741. The third kappa shape index (κ3) is 2.12. The second-order valence-corrected chi connectivity index (χ2v) is 6.00. The van der Waals surface area contributed by atoms with Crippen molar-refractivity contribution in [3.8, 4) is 0 Å². The molecule has 2 heterocycles. The summed E-state index contributed by atoms with van der Waals surface area (Å²) in [4.78, 5) is 6.93. The van der Waals surface area contributed by atoms with Crippen LogP contribution in [0.2, 0.25) is 0 Å². The van der Waals surface area contributed by atoms with Crippen LogP contribution in [0, 0.1) is 0 Å². The first-order valence-electron chi connectivity index (χ1n) is 5.83. The number of hydrogen-bond donors (Lipinski definition) is 3. The minimum absolute atomic E-state index is 0.0180. The maximum atomic E-state index is 12.1. The van der Waals surface area contributed by atoms with Gasteiger partial charge in [0.25, 0.3) is 10.0 Å². The summed E-state index contributed by atoms with van der Waals surface area (Å²) in [6.07, 6.45) is 0.805. The maximum absolute atomic E-state index is 12.1. The van der Waals surface area contributed by atoms with Crippen molar-refractivity contribution in [1.82, 2.24) is 20.0 Å². The molecule has 0 aliphatic carbocycles. The SMILES string of the molecule is O=S(=O)(N[C@@H]1CCNC1)c1nc2ccccc2[nH]1. The normalized spacial score (nSPS) is 20.6. The van der Waals surface area contributed by atoms with Crippen molar-refractivity contribution in [2.45, 2.75) is 17.6 Å². The van der Waals surface area contributed by atoms with E-state index in [1.54, 1.807) is 12.1 Å². The summed E-state index contributed by atoms with van der Waals surface area (Å²) in [5, 5.41) is 3.10. The van der Waals surface area contributed by atoms with Gasteiger partial charge in [0, 0.05) is 12.6 Å². The highest BCUT2D eigenvalue weighted by atomic mass is 32.2. The Labute approximate surface area is 105 Å². The Hall–Kier alpha value is -1.44. The number of rotatable bonds is 3. The van der Waals surface area contributed by atoms with Crippen molar-refractivity contribution in [3.05, 3.63) is 24.3 Å². The van der Waals surface area contributed by atoms with Gasteiger partial charge in [0.15, 0.2) is 0 Å². The molecule has 6 nitrogen and oxygen atoms in total. The van der Waals surface area contributed by atoms with E-state index in [4.69, 9.17) is 0 Å². The van der Waals surface area contributed by atoms with E-state index in [1.165, 1.54) is 0 Å². The molecule has 1 aromatic heterocycles. The molecule has 2 aromatic rings. The van der Waals surface area contributed by atoms with Crippen molar-refractivity contribution in [3.63, 3.8) is 0 Å². The summed E-state index contributed by atoms with van der Waals surface area (Å²) in [7, 11) is -3.56. The van der Waals surface area contributed by atoms with Crippen molar-refractivity contribution in [2.75, 3.05) is 13.1 Å². The van der Waals surface area contributed by atoms with Crippen molar-refractivity contribution in [1.29, 1.82) is 0 Å². The second-order valence-electron chi connectivity index (χ2n) is 4.37. The lowest BCUT2D eigenvalue weighted by molar-refractivity contribution is 0.553. The fourth-order valence-corrected chi connectivity index (χ4v) is 3.30. The van der Waals surface area contributed by atoms with Gasteiger partial charge in [-0.05, 0) is 25.1 Å². The first kappa shape index (κ1) is 11.6. The highest BCUT2D eigenvalue weighted by Crippen LogP contribution is 2.14. The summed E-state index contributed by atoms with van der Waals surface area (Å²) in [6.45, 7) is 1.51. The van der Waals surface area contributed by atoms with Crippen LogP contribution in [0.15, 0.2) is 29.4 Å². The zero-order valence-corrected chi connectivity index (χ0v) is 10.5. The molecular formula is C11H14N4O2S. The van der Waals surface area contributed by atoms with Gasteiger partial charge < -0.3 is 10.3 Å². The summed E-state index contributed by atoms with van der Waals surface area (Å²) < 4.78 is 26.9. The van der Waals surface area contributed by atoms with Crippen LogP contribution < -0.4 is 10.0 Å². The first-order chi connectivity index (χ1) is 8.65. The molecule has 1 aliphatic rings. The lowest BCUT2D eigenvalue weighted by Gasteiger charge is -2.09. The number of sulfonamides is 1. The molecule has 1 aliphatic heterocycles. The Morgan fingerprint density at radius 3 is 2.89 bits per heavy atom. The molecule has 0 radical (unpaired) electrons. The summed E-state index contributed by atoms with van der Waals surface area (Å²) in [6, 6.07) is 7.20. The van der Waals surface area contributed by atoms with Gasteiger partial charge in [-0.15, -0.1) is 0 Å². The number of nitrogens with one attached hydrogen (secondary N) is 3. The van der Waals surface area contributed by atoms with Gasteiger partial charge in [0.05, 0.1) is 11.0 Å². The van der Waals surface area contributed by atoms with Crippen LogP contribution in [0.1, 0.15) is 6.42 Å². The van der Waals surface area contributed by atoms with Gasteiger partial charge >= 0.3 is 0 Å². The smallest absolute Gasteiger partial charge is 0.274 e. The van der Waals surface area contributed by atoms with E-state index >= 15 is 0 Å². The lowest BCUT2D eigenvalue weighted by Crippen LogP contribution is -2.36. The standard InChI is InChI=1S/C11H14N4O2S/c16-18(17,15-8-5-6-12-7-8)11-13-9-3-1-2-4-10(9)14-11/h1-4,8,12,15H,5-7H2,(H,13,14)/t8-/m1/s1. The minimum atomic E-state index is -3.56. The van der Waals surface area contributed by atoms with Gasteiger partial charge in [-0.1, -0.05) is 12.1 Å². The molecule has 0 amide bonds. The van der Waals surface area contributed by atoms with Gasteiger partial charge in [-0.2, -0.15) is 0 Å². The molecule has 0 saturated carbocycles. The molecule has 1 fully saturated rings. The van der Waals surface area contributed by atoms with Crippen LogP contribution in [0.5, 0.6) is 0 Å². The number of aromatic amines is 1. The number of aromatic nitrogens is 2. The van der Waals surface area contributed by atoms with Gasteiger partial charge in [0.2, 0.25) is 5.16 Å². The molecule has 1 saturated heterocycles. The summed E-state index contributed by atoms with van der Waals surface area (Å²) in [5.41, 5.74) is 1.38. The van der Waals surface area contributed by atoms with Gasteiger partial charge in [-0.3, -0.25) is 0 Å². The van der Waals surface area contributed by atoms with Gasteiger partial charge in [0.1, 0.15) is 0 Å². The topological polar surface area (TPSA) is 86.9 Å². The second kappa shape index (κ2) is 4.34. The molecule has 0 unspecified atom stereocenters. The molecule has 1 atom stereocenters. The Morgan fingerprint density at radius 2 is 2.17 bits per heavy atom. The van der Waals surface area contributed by atoms with Crippen LogP contribution in [-0.4, -0.2) is 37.5 Å². The largest absolute Gasteiger partial charge is 0.328 e. The van der Waals surface area contributed by atoms with Crippen LogP contribution >= 0.6 is 0 Å². The van der Waals surface area contributed by atoms with Crippen LogP contribution in [0.3, 0.4) is 0 Å². The van der Waals surface area contributed by atoms with E-state index in [9.17, 15) is 8.42 Å². The van der Waals surface area contributed by atoms with Crippen LogP contribution in [0.25, 0.3) is 11.0 Å². The van der Waals surface area contributed by atoms with Crippen LogP contribution in [0.4, 0.5) is 0 Å². The summed E-state index contributed by atoms with van der Waals surface area (Å²) >= 11 is 0. The number of imidazole rings is 1. The Bertz CT molecular complexity index is 625. The van der Waals surface area contributed by atoms with E-state index in [0.29, 0.717) is 12.1 Å². The molecule has 0 spiro atoms. The molecule has 96 valence electrons. The third-order valence-electron chi connectivity index (χ3n) is 3.00. The van der Waals surface area contributed by atoms with E-state index in [-0.39, 0.29) is 11.2 Å². The number of fused-ring (bicyclic) bond motifs is 1. The van der Waals surface area contributed by atoms with Crippen molar-refractivity contribution >= 4 is 21.1 Å². The van der Waals surface area contributed by atoms with E-state index in [0.717, 1.165) is 18.5 Å². The van der Waals surface area contributed by atoms with Crippen molar-refractivity contribution in [2.24, 2.45) is 0 Å². The molecule has 3 N–H and O–H groups in total. The Morgan fingerprint density at radius 1 is 1.33 bits per heavy atom. The number of nitrogens with zero attached hydrogens (tertiary/aromatic N) is 1. The zero-order chi connectivity index (χ0) is 12.6. The lowest BCUT2D eigenvalue weighted by atomic mass is 10.3. The molecular weight excluding hydrogens is 252 g/mol. The number of para-hydroxylation sites is 2. The summed E-state index contributed by atoms with van der Waals surface area (Å²) in [5.74, 6) is 0. The fourth-order valence-electron chi connectivity index (χ4n) is 2.09. The Kier molecular flexibility index (Phi) is 2.81. The first-order valence-corrected chi connectivity index (χ1v) is 7.31. The molecule has 18 heavy (non-hydrogen) atoms. The van der Waals surface area contributed by atoms with Crippen molar-refractivity contribution < 1.29 is 8.42 Å². The average Bonchev–Trinajstić information content (AvgIpc) is 2.96. The number of H-pyrrole nitrogens is 1. The highest BCUT2D eigenvalue weighted by molar-refractivity contribution is 7.89. The average molecular weight is 266 g/mol. The van der Waals surface area contributed by atoms with Gasteiger partial charge in [-0.25, -0.2) is 18.1 Å². The van der Waals surface area contributed by atoms with E-state index in [2.05, 4.69) is 20.0 Å². The molecule has 1 aromatic carbocycles. The number of hydrogen-bond acceptors (Lipinski definition) is 4. The Balaban J connectivity index is 1.92. The van der Waals surface area contributed by atoms with Crippen LogP contribution in [-0.2, 0) is 10.0 Å². The highest BCUT2D eigenvalue weighted by Gasteiger charge is 2.25. The third-order valence-corrected chi connectivity index (χ3v) is 4.35. The molecule has 7 heteroatoms. The maximum Gasteiger partial charge on any atom is 0.274 e. The predicted octanol–water partition coefficient (Wildman–Crippen LogP) is 0.203. The predicted molar refractivity (Wildman–Crippen MR) is 67.7 cm³/mol. The molecule has 0 bridgehead atoms.